The first-order valence-corrected chi connectivity index (χ1v) is 8.49. The van der Waals surface area contributed by atoms with Gasteiger partial charge in [-0.25, -0.2) is 4.79 Å². The minimum atomic E-state index is -0.748. The van der Waals surface area contributed by atoms with Crippen molar-refractivity contribution < 1.29 is 33.3 Å². The lowest BCUT2D eigenvalue weighted by molar-refractivity contribution is -0.149. The zero-order valence-electron chi connectivity index (χ0n) is 15.4. The molecule has 0 radical (unpaired) electrons. The SMILES string of the molecule is CC(=O)c1cc2c(cc1NC(=O)COC(=O)COc1ccc(C#N)cc1)OCO2. The van der Waals surface area contributed by atoms with Crippen LogP contribution in [0.5, 0.6) is 17.2 Å². The van der Waals surface area contributed by atoms with Crippen LogP contribution in [-0.4, -0.2) is 37.7 Å². The van der Waals surface area contributed by atoms with Gasteiger partial charge in [-0.05, 0) is 37.3 Å². The van der Waals surface area contributed by atoms with Crippen molar-refractivity contribution in [2.24, 2.45) is 0 Å². The van der Waals surface area contributed by atoms with E-state index in [2.05, 4.69) is 5.32 Å². The highest BCUT2D eigenvalue weighted by atomic mass is 16.7. The molecular weight excluding hydrogens is 380 g/mol. The molecule has 0 aromatic heterocycles. The number of amides is 1. The van der Waals surface area contributed by atoms with E-state index in [0.29, 0.717) is 22.8 Å². The van der Waals surface area contributed by atoms with Crippen molar-refractivity contribution in [3.05, 3.63) is 47.5 Å². The summed E-state index contributed by atoms with van der Waals surface area (Å²) in [6.45, 7) is 0.428. The molecule has 2 aromatic carbocycles. The lowest BCUT2D eigenvalue weighted by Crippen LogP contribution is -2.24. The third kappa shape index (κ3) is 5.01. The van der Waals surface area contributed by atoms with E-state index < -0.39 is 25.1 Å². The number of ketones is 1. The van der Waals surface area contributed by atoms with E-state index in [1.165, 1.54) is 19.1 Å². The first-order chi connectivity index (χ1) is 14.0. The van der Waals surface area contributed by atoms with Crippen molar-refractivity contribution >= 4 is 23.3 Å². The monoisotopic (exact) mass is 396 g/mol. The molecule has 0 atom stereocenters. The number of fused-ring (bicyclic) bond motifs is 1. The molecule has 3 rings (SSSR count). The summed E-state index contributed by atoms with van der Waals surface area (Å²) in [4.78, 5) is 35.7. The molecule has 0 bridgehead atoms. The van der Waals surface area contributed by atoms with Crippen LogP contribution in [0.25, 0.3) is 0 Å². The maximum Gasteiger partial charge on any atom is 0.344 e. The summed E-state index contributed by atoms with van der Waals surface area (Å²) >= 11 is 0. The number of anilines is 1. The standard InChI is InChI=1S/C20H16N2O7/c1-12(23)15-6-17-18(29-11-28-17)7-16(15)22-19(24)9-27-20(25)10-26-14-4-2-13(8-21)3-5-14/h2-7H,9-11H2,1H3,(H,22,24). The number of nitrogens with one attached hydrogen (secondary N) is 1. The van der Waals surface area contributed by atoms with Crippen LogP contribution in [0, 0.1) is 11.3 Å². The number of benzene rings is 2. The lowest BCUT2D eigenvalue weighted by Gasteiger charge is -2.11. The second kappa shape index (κ2) is 8.75. The number of carbonyl (C=O) groups excluding carboxylic acids is 3. The van der Waals surface area contributed by atoms with Crippen LogP contribution in [0.1, 0.15) is 22.8 Å². The van der Waals surface area contributed by atoms with Gasteiger partial charge in [-0.1, -0.05) is 0 Å². The van der Waals surface area contributed by atoms with E-state index in [0.717, 1.165) is 0 Å². The molecule has 9 heteroatoms. The van der Waals surface area contributed by atoms with Crippen molar-refractivity contribution in [2.45, 2.75) is 6.92 Å². The lowest BCUT2D eigenvalue weighted by atomic mass is 10.1. The fourth-order valence-electron chi connectivity index (χ4n) is 2.48. The fourth-order valence-corrected chi connectivity index (χ4v) is 2.48. The van der Waals surface area contributed by atoms with Gasteiger partial charge in [-0.3, -0.25) is 9.59 Å². The zero-order chi connectivity index (χ0) is 20.8. The summed E-state index contributed by atoms with van der Waals surface area (Å²) in [5, 5.41) is 11.3. The molecule has 0 unspecified atom stereocenters. The van der Waals surface area contributed by atoms with Gasteiger partial charge in [0.05, 0.1) is 17.3 Å². The molecule has 9 nitrogen and oxygen atoms in total. The van der Waals surface area contributed by atoms with E-state index in [1.807, 2.05) is 6.07 Å². The molecule has 0 spiro atoms. The number of rotatable bonds is 7. The Morgan fingerprint density at radius 3 is 2.45 bits per heavy atom. The largest absolute Gasteiger partial charge is 0.482 e. The molecule has 1 heterocycles. The van der Waals surface area contributed by atoms with Crippen LogP contribution in [0.2, 0.25) is 0 Å². The van der Waals surface area contributed by atoms with Crippen molar-refractivity contribution in [3.8, 4) is 23.3 Å². The second-order valence-electron chi connectivity index (χ2n) is 5.94. The van der Waals surface area contributed by atoms with Gasteiger partial charge in [0.25, 0.3) is 5.91 Å². The summed E-state index contributed by atoms with van der Waals surface area (Å²) in [5.41, 5.74) is 0.944. The van der Waals surface area contributed by atoms with Crippen LogP contribution in [-0.2, 0) is 14.3 Å². The smallest absolute Gasteiger partial charge is 0.344 e. The number of ether oxygens (including phenoxy) is 4. The molecule has 0 aliphatic carbocycles. The number of carbonyl (C=O) groups is 3. The molecule has 2 aromatic rings. The minimum absolute atomic E-state index is 0.0287. The topological polar surface area (TPSA) is 124 Å². The van der Waals surface area contributed by atoms with E-state index in [-0.39, 0.29) is 23.8 Å². The molecule has 1 N–H and O–H groups in total. The molecule has 0 fully saturated rings. The van der Waals surface area contributed by atoms with Crippen LogP contribution < -0.4 is 19.5 Å². The molecule has 1 aliphatic heterocycles. The van der Waals surface area contributed by atoms with Gasteiger partial charge in [0.2, 0.25) is 6.79 Å². The number of esters is 1. The van der Waals surface area contributed by atoms with Crippen LogP contribution in [0.15, 0.2) is 36.4 Å². The summed E-state index contributed by atoms with van der Waals surface area (Å²) in [6.07, 6.45) is 0. The Balaban J connectivity index is 1.51. The molecular formula is C20H16N2O7. The first kappa shape index (κ1) is 19.7. The average Bonchev–Trinajstić information content (AvgIpc) is 3.17. The maximum absolute atomic E-state index is 12.1. The van der Waals surface area contributed by atoms with Crippen LogP contribution >= 0.6 is 0 Å². The van der Waals surface area contributed by atoms with Gasteiger partial charge in [-0.15, -0.1) is 0 Å². The van der Waals surface area contributed by atoms with Crippen molar-refractivity contribution in [2.75, 3.05) is 25.3 Å². The Hall–Kier alpha value is -4.06. The summed E-state index contributed by atoms with van der Waals surface area (Å²) in [6, 6.07) is 11.1. The Kier molecular flexibility index (Phi) is 5.94. The molecule has 148 valence electrons. The number of hydrogen-bond acceptors (Lipinski definition) is 8. The van der Waals surface area contributed by atoms with Gasteiger partial charge in [0.15, 0.2) is 30.5 Å². The Morgan fingerprint density at radius 2 is 1.79 bits per heavy atom. The summed E-state index contributed by atoms with van der Waals surface area (Å²) in [7, 11) is 0. The molecule has 0 saturated heterocycles. The van der Waals surface area contributed by atoms with E-state index in [9.17, 15) is 14.4 Å². The predicted molar refractivity (Wildman–Crippen MR) is 98.8 cm³/mol. The zero-order valence-corrected chi connectivity index (χ0v) is 15.4. The van der Waals surface area contributed by atoms with Crippen LogP contribution in [0.3, 0.4) is 0 Å². The maximum atomic E-state index is 12.1. The third-order valence-corrected chi connectivity index (χ3v) is 3.87. The second-order valence-corrected chi connectivity index (χ2v) is 5.94. The normalized spacial score (nSPS) is 11.3. The number of Topliss-reactive ketones (excluding diaryl/α,β-unsaturated/α-hetero) is 1. The fraction of sp³-hybridized carbons (Fsp3) is 0.200. The van der Waals surface area contributed by atoms with Crippen molar-refractivity contribution in [3.63, 3.8) is 0 Å². The van der Waals surface area contributed by atoms with Gasteiger partial charge in [-0.2, -0.15) is 5.26 Å². The Bertz CT molecular complexity index is 993. The number of nitriles is 1. The summed E-state index contributed by atoms with van der Waals surface area (Å²) < 4.78 is 20.6. The average molecular weight is 396 g/mol. The van der Waals surface area contributed by atoms with E-state index in [4.69, 9.17) is 24.2 Å². The highest BCUT2D eigenvalue weighted by molar-refractivity contribution is 6.05. The third-order valence-electron chi connectivity index (χ3n) is 3.87. The van der Waals surface area contributed by atoms with Gasteiger partial charge in [0, 0.05) is 11.6 Å². The highest BCUT2D eigenvalue weighted by Gasteiger charge is 2.20. The van der Waals surface area contributed by atoms with E-state index in [1.54, 1.807) is 24.3 Å². The highest BCUT2D eigenvalue weighted by Crippen LogP contribution is 2.37. The van der Waals surface area contributed by atoms with Gasteiger partial charge < -0.3 is 24.3 Å². The number of hydrogen-bond donors (Lipinski definition) is 1. The van der Waals surface area contributed by atoms with Gasteiger partial charge in [0.1, 0.15) is 5.75 Å². The summed E-state index contributed by atoms with van der Waals surface area (Å²) in [5.74, 6) is -0.443. The number of nitrogens with zero attached hydrogens (tertiary/aromatic N) is 1. The predicted octanol–water partition coefficient (Wildman–Crippen LogP) is 2.05. The molecule has 29 heavy (non-hydrogen) atoms. The van der Waals surface area contributed by atoms with Gasteiger partial charge >= 0.3 is 5.97 Å². The van der Waals surface area contributed by atoms with Crippen molar-refractivity contribution in [1.82, 2.24) is 0 Å². The molecule has 1 amide bonds. The first-order valence-electron chi connectivity index (χ1n) is 8.49. The molecule has 1 aliphatic rings. The Labute approximate surface area is 165 Å². The Morgan fingerprint density at radius 1 is 1.10 bits per heavy atom. The molecule has 0 saturated carbocycles. The van der Waals surface area contributed by atoms with Crippen molar-refractivity contribution in [1.29, 1.82) is 5.26 Å². The quantitative estimate of drug-likeness (QED) is 0.557. The van der Waals surface area contributed by atoms with E-state index >= 15 is 0 Å². The minimum Gasteiger partial charge on any atom is -0.482 e. The van der Waals surface area contributed by atoms with Crippen LogP contribution in [0.4, 0.5) is 5.69 Å².